The first-order chi connectivity index (χ1) is 8.68. The molecule has 0 bridgehead atoms. The van der Waals surface area contributed by atoms with E-state index in [9.17, 15) is 13.6 Å². The Kier molecular flexibility index (Phi) is 3.72. The monoisotopic (exact) mass is 252 g/mol. The zero-order valence-electron chi connectivity index (χ0n) is 9.31. The summed E-state index contributed by atoms with van der Waals surface area (Å²) < 4.78 is 35.0. The van der Waals surface area contributed by atoms with E-state index in [1.807, 2.05) is 6.07 Å². The minimum Gasteiger partial charge on any atom is -0.481 e. The smallest absolute Gasteiger partial charge is 0.299 e. The normalized spacial score (nSPS) is 10.6. The molecule has 1 aromatic heterocycles. The van der Waals surface area contributed by atoms with Gasteiger partial charge in [-0.05, 0) is 5.56 Å². The molecule has 0 fully saturated rings. The number of benzene rings is 1. The summed E-state index contributed by atoms with van der Waals surface area (Å²) in [5.41, 5.74) is 0.161. The van der Waals surface area contributed by atoms with Crippen LogP contribution in [0, 0.1) is 0 Å². The zero-order valence-corrected chi connectivity index (χ0v) is 9.31. The van der Waals surface area contributed by atoms with Crippen LogP contribution in [-0.2, 0) is 6.61 Å². The van der Waals surface area contributed by atoms with E-state index in [4.69, 9.17) is 4.74 Å². The molecule has 0 atom stereocenters. The highest BCUT2D eigenvalue weighted by Gasteiger charge is 2.20. The predicted molar refractivity (Wildman–Crippen MR) is 60.7 cm³/mol. The molecule has 1 heterocycles. The lowest BCUT2D eigenvalue weighted by Crippen LogP contribution is -2.10. The molecule has 94 valence electrons. The lowest BCUT2D eigenvalue weighted by Gasteiger charge is -2.08. The molecule has 0 N–H and O–H groups in total. The molecule has 0 saturated heterocycles. The Morgan fingerprint density at radius 2 is 1.89 bits per heavy atom. The fourth-order valence-corrected chi connectivity index (χ4v) is 1.44. The Morgan fingerprint density at radius 1 is 1.17 bits per heavy atom. The second-order valence-electron chi connectivity index (χ2n) is 3.55. The first kappa shape index (κ1) is 12.3. The van der Waals surface area contributed by atoms with Crippen LogP contribution in [-0.4, -0.2) is 0 Å². The quantitative estimate of drug-likeness (QED) is 0.839. The lowest BCUT2D eigenvalue weighted by atomic mass is 10.2. The largest absolute Gasteiger partial charge is 0.481 e. The Hall–Kier alpha value is -2.17. The van der Waals surface area contributed by atoms with Crippen LogP contribution in [0.25, 0.3) is 0 Å². The summed E-state index contributed by atoms with van der Waals surface area (Å²) in [6.07, 6.45) is -1.95. The van der Waals surface area contributed by atoms with E-state index in [2.05, 4.69) is 4.42 Å². The number of ether oxygens (including phenoxy) is 1. The second-order valence-corrected chi connectivity index (χ2v) is 3.55. The minimum absolute atomic E-state index is 0.0370. The molecule has 0 unspecified atom stereocenters. The SMILES string of the molecule is O=c1ccoc(C(F)F)c1OCc1ccccc1. The third-order valence-corrected chi connectivity index (χ3v) is 2.29. The van der Waals surface area contributed by atoms with Crippen molar-refractivity contribution >= 4 is 0 Å². The summed E-state index contributed by atoms with van der Waals surface area (Å²) in [5, 5.41) is 0. The summed E-state index contributed by atoms with van der Waals surface area (Å²) in [5.74, 6) is -1.17. The number of hydrogen-bond donors (Lipinski definition) is 0. The first-order valence-electron chi connectivity index (χ1n) is 5.25. The number of rotatable bonds is 4. The number of halogens is 2. The van der Waals surface area contributed by atoms with Gasteiger partial charge < -0.3 is 9.15 Å². The highest BCUT2D eigenvalue weighted by atomic mass is 19.3. The van der Waals surface area contributed by atoms with E-state index in [1.165, 1.54) is 0 Å². The van der Waals surface area contributed by atoms with E-state index in [1.54, 1.807) is 24.3 Å². The van der Waals surface area contributed by atoms with Crippen LogP contribution < -0.4 is 10.2 Å². The maximum Gasteiger partial charge on any atom is 0.299 e. The molecule has 3 nitrogen and oxygen atoms in total. The summed E-state index contributed by atoms with van der Waals surface area (Å²) in [4.78, 5) is 11.4. The number of alkyl halides is 2. The average Bonchev–Trinajstić information content (AvgIpc) is 2.38. The van der Waals surface area contributed by atoms with Crippen molar-refractivity contribution in [3.05, 3.63) is 64.2 Å². The van der Waals surface area contributed by atoms with Crippen molar-refractivity contribution in [2.75, 3.05) is 0 Å². The van der Waals surface area contributed by atoms with Gasteiger partial charge in [0.1, 0.15) is 6.61 Å². The second kappa shape index (κ2) is 5.44. The molecule has 2 aromatic rings. The standard InChI is InChI=1S/C13H10F2O3/c14-13(15)12-11(10(16)6-7-17-12)18-8-9-4-2-1-3-5-9/h1-7,13H,8H2. The van der Waals surface area contributed by atoms with Crippen molar-refractivity contribution < 1.29 is 17.9 Å². The van der Waals surface area contributed by atoms with Crippen LogP contribution in [0.5, 0.6) is 5.75 Å². The third kappa shape index (κ3) is 2.74. The van der Waals surface area contributed by atoms with Gasteiger partial charge in [-0.1, -0.05) is 30.3 Å². The van der Waals surface area contributed by atoms with Crippen molar-refractivity contribution in [3.8, 4) is 5.75 Å². The van der Waals surface area contributed by atoms with Crippen molar-refractivity contribution in [2.24, 2.45) is 0 Å². The van der Waals surface area contributed by atoms with Crippen LogP contribution in [0.15, 0.2) is 51.9 Å². The third-order valence-electron chi connectivity index (χ3n) is 2.29. The summed E-state index contributed by atoms with van der Waals surface area (Å²) in [6, 6.07) is 10.00. The molecule has 18 heavy (non-hydrogen) atoms. The molecule has 0 aliphatic heterocycles. The van der Waals surface area contributed by atoms with Crippen LogP contribution in [0.4, 0.5) is 8.78 Å². The van der Waals surface area contributed by atoms with Crippen LogP contribution in [0.1, 0.15) is 17.7 Å². The Morgan fingerprint density at radius 3 is 2.56 bits per heavy atom. The van der Waals surface area contributed by atoms with E-state index in [0.29, 0.717) is 0 Å². The molecule has 2 rings (SSSR count). The minimum atomic E-state index is -2.88. The molecule has 0 saturated carbocycles. The molecular formula is C13H10F2O3. The highest BCUT2D eigenvalue weighted by molar-refractivity contribution is 5.26. The van der Waals surface area contributed by atoms with Gasteiger partial charge in [0.15, 0.2) is 0 Å². The topological polar surface area (TPSA) is 39.4 Å². The van der Waals surface area contributed by atoms with Crippen molar-refractivity contribution in [3.63, 3.8) is 0 Å². The van der Waals surface area contributed by atoms with Gasteiger partial charge >= 0.3 is 0 Å². The molecule has 1 aromatic carbocycles. The maximum atomic E-state index is 12.6. The summed E-state index contributed by atoms with van der Waals surface area (Å²) in [7, 11) is 0. The van der Waals surface area contributed by atoms with E-state index >= 15 is 0 Å². The van der Waals surface area contributed by atoms with Gasteiger partial charge in [0.25, 0.3) is 6.43 Å². The van der Waals surface area contributed by atoms with Gasteiger partial charge in [-0.2, -0.15) is 0 Å². The van der Waals surface area contributed by atoms with Gasteiger partial charge in [0, 0.05) is 6.07 Å². The Balaban J connectivity index is 2.21. The predicted octanol–water partition coefficient (Wildman–Crippen LogP) is 3.16. The van der Waals surface area contributed by atoms with Crippen molar-refractivity contribution in [1.82, 2.24) is 0 Å². The molecule has 5 heteroatoms. The molecule has 0 aliphatic carbocycles. The molecule has 0 radical (unpaired) electrons. The van der Waals surface area contributed by atoms with Gasteiger partial charge in [-0.15, -0.1) is 0 Å². The van der Waals surface area contributed by atoms with Gasteiger partial charge in [-0.25, -0.2) is 8.78 Å². The molecular weight excluding hydrogens is 242 g/mol. The van der Waals surface area contributed by atoms with Crippen molar-refractivity contribution in [2.45, 2.75) is 13.0 Å². The van der Waals surface area contributed by atoms with Crippen LogP contribution in [0.2, 0.25) is 0 Å². The fraction of sp³-hybridized carbons (Fsp3) is 0.154. The highest BCUT2D eigenvalue weighted by Crippen LogP contribution is 2.26. The molecule has 0 aliphatic rings. The van der Waals surface area contributed by atoms with E-state index in [0.717, 1.165) is 17.9 Å². The maximum absolute atomic E-state index is 12.6. The fourth-order valence-electron chi connectivity index (χ4n) is 1.44. The Labute approximate surface area is 102 Å². The average molecular weight is 252 g/mol. The summed E-state index contributed by atoms with van der Waals surface area (Å²) >= 11 is 0. The Bertz CT molecular complexity index is 564. The first-order valence-corrected chi connectivity index (χ1v) is 5.25. The van der Waals surface area contributed by atoms with Crippen LogP contribution >= 0.6 is 0 Å². The molecule has 0 amide bonds. The van der Waals surface area contributed by atoms with Gasteiger partial charge in [0.2, 0.25) is 16.9 Å². The number of hydrogen-bond acceptors (Lipinski definition) is 3. The zero-order chi connectivity index (χ0) is 13.0. The van der Waals surface area contributed by atoms with E-state index < -0.39 is 23.4 Å². The van der Waals surface area contributed by atoms with Crippen LogP contribution in [0.3, 0.4) is 0 Å². The summed E-state index contributed by atoms with van der Waals surface area (Å²) in [6.45, 7) is 0.0370. The van der Waals surface area contributed by atoms with Gasteiger partial charge in [0.05, 0.1) is 6.26 Å². The molecule has 0 spiro atoms. The van der Waals surface area contributed by atoms with Crippen molar-refractivity contribution in [1.29, 1.82) is 0 Å². The van der Waals surface area contributed by atoms with E-state index in [-0.39, 0.29) is 6.61 Å². The lowest BCUT2D eigenvalue weighted by molar-refractivity contribution is 0.110. The van der Waals surface area contributed by atoms with Gasteiger partial charge in [-0.3, -0.25) is 4.79 Å².